The van der Waals surface area contributed by atoms with E-state index in [1.165, 1.54) is 33.5 Å². The van der Waals surface area contributed by atoms with Gasteiger partial charge in [0.05, 0.1) is 21.4 Å². The predicted octanol–water partition coefficient (Wildman–Crippen LogP) is 4.55. The zero-order chi connectivity index (χ0) is 14.2. The Labute approximate surface area is 135 Å². The van der Waals surface area contributed by atoms with Crippen molar-refractivity contribution in [2.75, 3.05) is 0 Å². The summed E-state index contributed by atoms with van der Waals surface area (Å²) in [6.45, 7) is 0.784. The maximum Gasteiger partial charge on any atom is 0.121 e. The van der Waals surface area contributed by atoms with E-state index in [1.54, 1.807) is 0 Å². The molecule has 0 saturated carbocycles. The number of H-pyrrole nitrogens is 1. The van der Waals surface area contributed by atoms with E-state index in [4.69, 9.17) is 0 Å². The van der Waals surface area contributed by atoms with Crippen molar-refractivity contribution in [3.05, 3.63) is 50.4 Å². The Hall–Kier alpha value is -1.17. The number of imidazole rings is 1. The maximum absolute atomic E-state index is 4.63. The topological polar surface area (TPSA) is 40.7 Å². The number of fused-ring (bicyclic) bond motifs is 2. The molecular weight excluding hydrogens is 346 g/mol. The van der Waals surface area contributed by atoms with E-state index in [0.29, 0.717) is 6.04 Å². The summed E-state index contributed by atoms with van der Waals surface area (Å²) in [4.78, 5) is 9.54. The summed E-state index contributed by atoms with van der Waals surface area (Å²) < 4.78 is 1.24. The van der Waals surface area contributed by atoms with Gasteiger partial charge in [-0.2, -0.15) is 0 Å². The summed E-state index contributed by atoms with van der Waals surface area (Å²) in [5.41, 5.74) is 3.61. The predicted molar refractivity (Wildman–Crippen MR) is 90.6 cm³/mol. The molecule has 1 atom stereocenters. The van der Waals surface area contributed by atoms with Crippen LogP contribution in [0.2, 0.25) is 0 Å². The molecule has 0 saturated heterocycles. The molecule has 108 valence electrons. The van der Waals surface area contributed by atoms with Crippen molar-refractivity contribution in [3.8, 4) is 0 Å². The van der Waals surface area contributed by atoms with Gasteiger partial charge in [0.15, 0.2) is 0 Å². The second kappa shape index (κ2) is 5.55. The highest BCUT2D eigenvalue weighted by Crippen LogP contribution is 2.38. The van der Waals surface area contributed by atoms with Gasteiger partial charge in [-0.1, -0.05) is 12.1 Å². The van der Waals surface area contributed by atoms with Crippen molar-refractivity contribution in [2.24, 2.45) is 0 Å². The van der Waals surface area contributed by atoms with Gasteiger partial charge in [0.25, 0.3) is 0 Å². The van der Waals surface area contributed by atoms with E-state index in [-0.39, 0.29) is 0 Å². The molecule has 1 aromatic carbocycles. The molecule has 0 aliphatic heterocycles. The van der Waals surface area contributed by atoms with Crippen LogP contribution in [0.4, 0.5) is 0 Å². The number of aromatic nitrogens is 2. The van der Waals surface area contributed by atoms with Crippen LogP contribution in [0.25, 0.3) is 11.0 Å². The Morgan fingerprint density at radius 2 is 2.29 bits per heavy atom. The highest BCUT2D eigenvalue weighted by molar-refractivity contribution is 9.11. The Balaban J connectivity index is 1.52. The van der Waals surface area contributed by atoms with Crippen molar-refractivity contribution in [1.29, 1.82) is 0 Å². The molecule has 21 heavy (non-hydrogen) atoms. The van der Waals surface area contributed by atoms with Crippen LogP contribution in [0, 0.1) is 0 Å². The van der Waals surface area contributed by atoms with Crippen molar-refractivity contribution in [1.82, 2.24) is 15.3 Å². The molecule has 0 fully saturated rings. The Bertz CT molecular complexity index is 744. The Kier molecular flexibility index (Phi) is 3.57. The molecule has 1 unspecified atom stereocenters. The van der Waals surface area contributed by atoms with Crippen LogP contribution in [0.15, 0.2) is 34.1 Å². The van der Waals surface area contributed by atoms with Crippen LogP contribution in [-0.2, 0) is 13.0 Å². The lowest BCUT2D eigenvalue weighted by molar-refractivity contribution is 0.458. The largest absolute Gasteiger partial charge is 0.341 e. The van der Waals surface area contributed by atoms with Gasteiger partial charge in [-0.15, -0.1) is 11.3 Å². The molecule has 1 aliphatic rings. The molecular formula is C16H16BrN3S. The lowest BCUT2D eigenvalue weighted by Gasteiger charge is -2.23. The molecule has 1 aliphatic carbocycles. The standard InChI is InChI=1S/C16H16BrN3S/c17-15-8-10-11(6-3-7-14(10)21-15)18-9-16-19-12-4-1-2-5-13(12)20-16/h1-2,4-5,8,11,18H,3,6-7,9H2,(H,19,20). The van der Waals surface area contributed by atoms with Gasteiger partial charge in [0, 0.05) is 10.9 Å². The van der Waals surface area contributed by atoms with E-state index in [0.717, 1.165) is 23.4 Å². The first-order valence-electron chi connectivity index (χ1n) is 7.25. The van der Waals surface area contributed by atoms with Crippen LogP contribution in [0.1, 0.15) is 35.1 Å². The summed E-state index contributed by atoms with van der Waals surface area (Å²) in [6, 6.07) is 10.9. The normalized spacial score (nSPS) is 18.0. The molecule has 2 aromatic heterocycles. The van der Waals surface area contributed by atoms with Crippen LogP contribution >= 0.6 is 27.3 Å². The third-order valence-electron chi connectivity index (χ3n) is 4.04. The Morgan fingerprint density at radius 1 is 1.38 bits per heavy atom. The van der Waals surface area contributed by atoms with E-state index >= 15 is 0 Å². The monoisotopic (exact) mass is 361 g/mol. The number of hydrogen-bond donors (Lipinski definition) is 2. The summed E-state index contributed by atoms with van der Waals surface area (Å²) in [5.74, 6) is 1.01. The number of para-hydroxylation sites is 2. The summed E-state index contributed by atoms with van der Waals surface area (Å²) in [6.07, 6.45) is 3.68. The number of hydrogen-bond acceptors (Lipinski definition) is 3. The minimum Gasteiger partial charge on any atom is -0.341 e. The first kappa shape index (κ1) is 13.5. The summed E-state index contributed by atoms with van der Waals surface area (Å²) in [7, 11) is 0. The van der Waals surface area contributed by atoms with Gasteiger partial charge in [-0.3, -0.25) is 0 Å². The summed E-state index contributed by atoms with van der Waals surface area (Å²) in [5, 5.41) is 3.66. The van der Waals surface area contributed by atoms with E-state index in [2.05, 4.69) is 43.3 Å². The molecule has 3 aromatic rings. The van der Waals surface area contributed by atoms with Crippen molar-refractivity contribution in [2.45, 2.75) is 31.8 Å². The first-order valence-corrected chi connectivity index (χ1v) is 8.85. The van der Waals surface area contributed by atoms with Gasteiger partial charge in [0.2, 0.25) is 0 Å². The second-order valence-corrected chi connectivity index (χ2v) is 7.97. The van der Waals surface area contributed by atoms with E-state index < -0.39 is 0 Å². The highest BCUT2D eigenvalue weighted by Gasteiger charge is 2.22. The number of aryl methyl sites for hydroxylation is 1. The van der Waals surface area contributed by atoms with Gasteiger partial charge >= 0.3 is 0 Å². The quantitative estimate of drug-likeness (QED) is 0.718. The van der Waals surface area contributed by atoms with Gasteiger partial charge in [-0.25, -0.2) is 4.98 Å². The molecule has 0 spiro atoms. The van der Waals surface area contributed by atoms with Crippen LogP contribution in [0.5, 0.6) is 0 Å². The summed E-state index contributed by atoms with van der Waals surface area (Å²) >= 11 is 5.48. The molecule has 2 heterocycles. The minimum absolute atomic E-state index is 0.449. The fourth-order valence-electron chi connectivity index (χ4n) is 3.04. The number of halogens is 1. The van der Waals surface area contributed by atoms with Gasteiger partial charge in [0.1, 0.15) is 5.82 Å². The van der Waals surface area contributed by atoms with Crippen molar-refractivity contribution < 1.29 is 0 Å². The van der Waals surface area contributed by atoms with Gasteiger partial charge < -0.3 is 10.3 Å². The van der Waals surface area contributed by atoms with Crippen LogP contribution in [-0.4, -0.2) is 9.97 Å². The molecule has 0 bridgehead atoms. The van der Waals surface area contributed by atoms with Gasteiger partial charge in [-0.05, 0) is 59.0 Å². The second-order valence-electron chi connectivity index (χ2n) is 5.46. The van der Waals surface area contributed by atoms with Crippen LogP contribution < -0.4 is 5.32 Å². The fourth-order valence-corrected chi connectivity index (χ4v) is 4.86. The molecule has 0 amide bonds. The molecule has 5 heteroatoms. The first-order chi connectivity index (χ1) is 10.3. The van der Waals surface area contributed by atoms with E-state index in [1.807, 2.05) is 29.5 Å². The third kappa shape index (κ3) is 2.65. The SMILES string of the molecule is Brc1cc2c(s1)CCCC2NCc1nc2ccccc2[nH]1. The molecule has 3 nitrogen and oxygen atoms in total. The maximum atomic E-state index is 4.63. The zero-order valence-corrected chi connectivity index (χ0v) is 13.9. The third-order valence-corrected chi connectivity index (χ3v) is 5.75. The zero-order valence-electron chi connectivity index (χ0n) is 11.5. The van der Waals surface area contributed by atoms with Crippen LogP contribution in [0.3, 0.4) is 0 Å². The van der Waals surface area contributed by atoms with Crippen molar-refractivity contribution >= 4 is 38.3 Å². The number of thiophene rings is 1. The average molecular weight is 362 g/mol. The number of benzene rings is 1. The average Bonchev–Trinajstić information content (AvgIpc) is 3.06. The lowest BCUT2D eigenvalue weighted by atomic mass is 9.94. The van der Waals surface area contributed by atoms with E-state index in [9.17, 15) is 0 Å². The molecule has 0 radical (unpaired) electrons. The molecule has 4 rings (SSSR count). The lowest BCUT2D eigenvalue weighted by Crippen LogP contribution is -2.24. The number of aromatic amines is 1. The number of rotatable bonds is 3. The Morgan fingerprint density at radius 3 is 3.19 bits per heavy atom. The number of nitrogens with zero attached hydrogens (tertiary/aromatic N) is 1. The minimum atomic E-state index is 0.449. The number of nitrogens with one attached hydrogen (secondary N) is 2. The molecule has 2 N–H and O–H groups in total. The highest BCUT2D eigenvalue weighted by atomic mass is 79.9. The van der Waals surface area contributed by atoms with Crippen molar-refractivity contribution in [3.63, 3.8) is 0 Å². The smallest absolute Gasteiger partial charge is 0.121 e. The fraction of sp³-hybridized carbons (Fsp3) is 0.312.